The number of hydrogen-bond acceptors (Lipinski definition) is 4. The molecular formula is C30H36FN3O4S. The van der Waals surface area contributed by atoms with Crippen molar-refractivity contribution in [3.63, 3.8) is 0 Å². The zero-order valence-corrected chi connectivity index (χ0v) is 23.6. The Morgan fingerprint density at radius 2 is 1.62 bits per heavy atom. The molecule has 208 valence electrons. The quantitative estimate of drug-likeness (QED) is 0.359. The van der Waals surface area contributed by atoms with Crippen LogP contribution in [0.15, 0.2) is 78.9 Å². The van der Waals surface area contributed by atoms with E-state index >= 15 is 0 Å². The minimum absolute atomic E-state index is 0.0322. The third kappa shape index (κ3) is 8.64. The van der Waals surface area contributed by atoms with Crippen LogP contribution in [0.5, 0.6) is 0 Å². The van der Waals surface area contributed by atoms with Crippen LogP contribution in [0.3, 0.4) is 0 Å². The Hall–Kier alpha value is -3.72. The first-order valence-corrected chi connectivity index (χ1v) is 14.7. The fourth-order valence-electron chi connectivity index (χ4n) is 4.13. The van der Waals surface area contributed by atoms with Gasteiger partial charge in [0.25, 0.3) is 0 Å². The van der Waals surface area contributed by atoms with Crippen molar-refractivity contribution in [2.24, 2.45) is 0 Å². The summed E-state index contributed by atoms with van der Waals surface area (Å²) in [5.74, 6) is -1.53. The van der Waals surface area contributed by atoms with Crippen LogP contribution < -0.4 is 9.62 Å². The number of halogens is 1. The highest BCUT2D eigenvalue weighted by Crippen LogP contribution is 2.21. The number of sulfonamides is 1. The molecule has 0 radical (unpaired) electrons. The summed E-state index contributed by atoms with van der Waals surface area (Å²) in [4.78, 5) is 29.0. The average molecular weight is 554 g/mol. The fourth-order valence-corrected chi connectivity index (χ4v) is 4.97. The second kappa shape index (κ2) is 13.4. The Morgan fingerprint density at radius 3 is 2.21 bits per heavy atom. The largest absolute Gasteiger partial charge is 0.352 e. The van der Waals surface area contributed by atoms with E-state index in [-0.39, 0.29) is 30.6 Å². The van der Waals surface area contributed by atoms with Crippen molar-refractivity contribution < 1.29 is 22.4 Å². The van der Waals surface area contributed by atoms with Gasteiger partial charge in [-0.25, -0.2) is 12.8 Å². The van der Waals surface area contributed by atoms with Crippen LogP contribution in [0.4, 0.5) is 10.1 Å². The van der Waals surface area contributed by atoms with Gasteiger partial charge in [0.2, 0.25) is 21.8 Å². The lowest BCUT2D eigenvalue weighted by atomic mass is 10.0. The molecule has 2 atom stereocenters. The van der Waals surface area contributed by atoms with Crippen molar-refractivity contribution in [1.29, 1.82) is 0 Å². The summed E-state index contributed by atoms with van der Waals surface area (Å²) < 4.78 is 40.3. The molecule has 1 N–H and O–H groups in total. The maximum atomic E-state index is 14.0. The number of carbonyl (C=O) groups is 2. The first-order chi connectivity index (χ1) is 18.5. The van der Waals surface area contributed by atoms with Crippen LogP contribution >= 0.6 is 0 Å². The van der Waals surface area contributed by atoms with Crippen LogP contribution in [-0.2, 0) is 32.6 Å². The molecule has 0 saturated heterocycles. The monoisotopic (exact) mass is 553 g/mol. The molecule has 9 heteroatoms. The first-order valence-electron chi connectivity index (χ1n) is 12.9. The average Bonchev–Trinajstić information content (AvgIpc) is 2.90. The first kappa shape index (κ1) is 29.8. The number of nitrogens with zero attached hydrogens (tertiary/aromatic N) is 2. The van der Waals surface area contributed by atoms with Gasteiger partial charge >= 0.3 is 0 Å². The molecule has 0 bridgehead atoms. The molecule has 3 aromatic rings. The Labute approximate surface area is 230 Å². The van der Waals surface area contributed by atoms with Gasteiger partial charge in [-0.05, 0) is 49.6 Å². The van der Waals surface area contributed by atoms with Gasteiger partial charge in [-0.15, -0.1) is 0 Å². The Morgan fingerprint density at radius 1 is 0.949 bits per heavy atom. The highest BCUT2D eigenvalue weighted by Gasteiger charge is 2.33. The lowest BCUT2D eigenvalue weighted by Crippen LogP contribution is -2.54. The standard InChI is InChI=1S/C30H36FN3O4S/c1-5-23(3)32-30(36)28(18-24-10-7-6-8-11-24)33(20-25-16-14-22(2)15-17-25)29(35)21-34(39(4,37)38)27-13-9-12-26(31)19-27/h6-17,19,23,28H,5,18,20-21H2,1-4H3,(H,32,36)/t23-,28+/m0/s1. The van der Waals surface area contributed by atoms with Crippen LogP contribution in [0.2, 0.25) is 0 Å². The van der Waals surface area contributed by atoms with E-state index in [0.29, 0.717) is 6.42 Å². The summed E-state index contributed by atoms with van der Waals surface area (Å²) >= 11 is 0. The number of nitrogens with one attached hydrogen (secondary N) is 1. The van der Waals surface area contributed by atoms with Gasteiger partial charge in [0.1, 0.15) is 18.4 Å². The molecule has 0 fully saturated rings. The summed E-state index contributed by atoms with van der Waals surface area (Å²) in [6.07, 6.45) is 1.91. The van der Waals surface area contributed by atoms with E-state index in [0.717, 1.165) is 33.3 Å². The number of benzene rings is 3. The maximum absolute atomic E-state index is 14.0. The minimum Gasteiger partial charge on any atom is -0.352 e. The number of carbonyl (C=O) groups excluding carboxylic acids is 2. The molecule has 0 aromatic heterocycles. The number of hydrogen-bond donors (Lipinski definition) is 1. The Kier molecular flexibility index (Phi) is 10.2. The van der Waals surface area contributed by atoms with E-state index in [9.17, 15) is 22.4 Å². The molecule has 7 nitrogen and oxygen atoms in total. The molecule has 3 rings (SSSR count). The SMILES string of the molecule is CC[C@H](C)NC(=O)[C@@H](Cc1ccccc1)N(Cc1ccc(C)cc1)C(=O)CN(c1cccc(F)c1)S(C)(=O)=O. The molecule has 3 aromatic carbocycles. The molecule has 0 saturated carbocycles. The molecule has 0 unspecified atom stereocenters. The molecule has 2 amide bonds. The van der Waals surface area contributed by atoms with Crippen LogP contribution in [-0.4, -0.2) is 50.0 Å². The van der Waals surface area contributed by atoms with Gasteiger partial charge in [0.05, 0.1) is 11.9 Å². The van der Waals surface area contributed by atoms with Crippen LogP contribution in [0.25, 0.3) is 0 Å². The van der Waals surface area contributed by atoms with Crippen molar-refractivity contribution in [3.05, 3.63) is 101 Å². The molecular weight excluding hydrogens is 517 g/mol. The summed E-state index contributed by atoms with van der Waals surface area (Å²) in [5.41, 5.74) is 2.72. The number of rotatable bonds is 12. The molecule has 0 spiro atoms. The second-order valence-corrected chi connectivity index (χ2v) is 11.7. The molecule has 0 aliphatic carbocycles. The van der Waals surface area contributed by atoms with Crippen molar-refractivity contribution in [1.82, 2.24) is 10.2 Å². The van der Waals surface area contributed by atoms with Crippen molar-refractivity contribution in [3.8, 4) is 0 Å². The van der Waals surface area contributed by atoms with E-state index in [4.69, 9.17) is 0 Å². The summed E-state index contributed by atoms with van der Waals surface area (Å²) in [6, 6.07) is 21.0. The number of anilines is 1. The van der Waals surface area contributed by atoms with Gasteiger partial charge in [0.15, 0.2) is 0 Å². The van der Waals surface area contributed by atoms with E-state index < -0.39 is 34.3 Å². The Bertz CT molecular complexity index is 1360. The third-order valence-electron chi connectivity index (χ3n) is 6.52. The van der Waals surface area contributed by atoms with Gasteiger partial charge in [-0.1, -0.05) is 73.2 Å². The minimum atomic E-state index is -3.95. The predicted octanol–water partition coefficient (Wildman–Crippen LogP) is 4.45. The fraction of sp³-hybridized carbons (Fsp3) is 0.333. The van der Waals surface area contributed by atoms with E-state index in [1.807, 2.05) is 75.4 Å². The van der Waals surface area contributed by atoms with Crippen LogP contribution in [0, 0.1) is 12.7 Å². The zero-order chi connectivity index (χ0) is 28.6. The van der Waals surface area contributed by atoms with Crippen molar-refractivity contribution in [2.75, 3.05) is 17.1 Å². The van der Waals surface area contributed by atoms with E-state index in [1.165, 1.54) is 23.1 Å². The van der Waals surface area contributed by atoms with Gasteiger partial charge in [-0.3, -0.25) is 13.9 Å². The van der Waals surface area contributed by atoms with Crippen LogP contribution in [0.1, 0.15) is 37.0 Å². The Balaban J connectivity index is 2.05. The lowest BCUT2D eigenvalue weighted by molar-refractivity contribution is -0.140. The molecule has 0 aliphatic heterocycles. The van der Waals surface area contributed by atoms with Gasteiger partial charge in [0, 0.05) is 19.0 Å². The lowest BCUT2D eigenvalue weighted by Gasteiger charge is -2.34. The highest BCUT2D eigenvalue weighted by molar-refractivity contribution is 7.92. The van der Waals surface area contributed by atoms with Gasteiger partial charge < -0.3 is 10.2 Å². The van der Waals surface area contributed by atoms with E-state index in [1.54, 1.807) is 0 Å². The second-order valence-electron chi connectivity index (χ2n) is 9.78. The van der Waals surface area contributed by atoms with E-state index in [2.05, 4.69) is 5.32 Å². The normalized spacial score (nSPS) is 12.8. The maximum Gasteiger partial charge on any atom is 0.244 e. The smallest absolute Gasteiger partial charge is 0.244 e. The number of amides is 2. The van der Waals surface area contributed by atoms with Gasteiger partial charge in [-0.2, -0.15) is 0 Å². The highest BCUT2D eigenvalue weighted by atomic mass is 32.2. The summed E-state index contributed by atoms with van der Waals surface area (Å²) in [7, 11) is -3.95. The topological polar surface area (TPSA) is 86.8 Å². The molecule has 0 aliphatic rings. The number of aryl methyl sites for hydroxylation is 1. The molecule has 0 heterocycles. The predicted molar refractivity (Wildman–Crippen MR) is 152 cm³/mol. The third-order valence-corrected chi connectivity index (χ3v) is 7.66. The van der Waals surface area contributed by atoms with Crippen molar-refractivity contribution in [2.45, 2.75) is 52.2 Å². The van der Waals surface area contributed by atoms with Crippen molar-refractivity contribution >= 4 is 27.5 Å². The zero-order valence-electron chi connectivity index (χ0n) is 22.8. The summed E-state index contributed by atoms with van der Waals surface area (Å²) in [5, 5.41) is 2.99. The molecule has 39 heavy (non-hydrogen) atoms. The summed E-state index contributed by atoms with van der Waals surface area (Å²) in [6.45, 7) is 5.29.